The Hall–Kier alpha value is -2.66. The third-order valence-corrected chi connectivity index (χ3v) is 3.20. The van der Waals surface area contributed by atoms with Crippen LogP contribution in [0.25, 0.3) is 10.8 Å². The van der Waals surface area contributed by atoms with Gasteiger partial charge in [-0.05, 0) is 29.7 Å². The number of anilines is 2. The number of aromatic nitrogens is 2. The van der Waals surface area contributed by atoms with E-state index in [1.807, 2.05) is 24.3 Å². The fourth-order valence-corrected chi connectivity index (χ4v) is 2.28. The van der Waals surface area contributed by atoms with Gasteiger partial charge >= 0.3 is 0 Å². The van der Waals surface area contributed by atoms with E-state index < -0.39 is 0 Å². The Morgan fingerprint density at radius 2 is 2.10 bits per heavy atom. The molecule has 0 aliphatic carbocycles. The number of amides is 1. The number of halogens is 1. The first kappa shape index (κ1) is 13.3. The molecule has 5 nitrogen and oxygen atoms in total. The molecule has 0 unspecified atom stereocenters. The zero-order valence-corrected chi connectivity index (χ0v) is 11.6. The Bertz CT molecular complexity index is 809. The van der Waals surface area contributed by atoms with Gasteiger partial charge in [0, 0.05) is 23.3 Å². The van der Waals surface area contributed by atoms with E-state index in [-0.39, 0.29) is 16.9 Å². The van der Waals surface area contributed by atoms with Gasteiger partial charge in [-0.2, -0.15) is 0 Å². The molecule has 0 saturated carbocycles. The lowest BCUT2D eigenvalue weighted by atomic mass is 10.1. The molecule has 21 heavy (non-hydrogen) atoms. The van der Waals surface area contributed by atoms with E-state index in [0.717, 1.165) is 10.8 Å². The van der Waals surface area contributed by atoms with Crippen molar-refractivity contribution in [2.45, 2.75) is 0 Å². The summed E-state index contributed by atoms with van der Waals surface area (Å²) >= 11 is 5.81. The van der Waals surface area contributed by atoms with Gasteiger partial charge in [0.1, 0.15) is 11.0 Å². The average molecular weight is 299 g/mol. The maximum absolute atomic E-state index is 12.3. The van der Waals surface area contributed by atoms with Crippen LogP contribution in [0.3, 0.4) is 0 Å². The molecule has 2 heterocycles. The van der Waals surface area contributed by atoms with E-state index in [4.69, 9.17) is 17.3 Å². The van der Waals surface area contributed by atoms with Crippen molar-refractivity contribution in [3.8, 4) is 0 Å². The van der Waals surface area contributed by atoms with Gasteiger partial charge in [0.2, 0.25) is 0 Å². The minimum atomic E-state index is -0.303. The highest BCUT2D eigenvalue weighted by Crippen LogP contribution is 2.23. The Morgan fingerprint density at radius 3 is 2.90 bits per heavy atom. The van der Waals surface area contributed by atoms with Crippen LogP contribution in [0, 0.1) is 0 Å². The van der Waals surface area contributed by atoms with Crippen LogP contribution in [0.4, 0.5) is 11.5 Å². The first-order chi connectivity index (χ1) is 10.1. The zero-order valence-electron chi connectivity index (χ0n) is 10.9. The Morgan fingerprint density at radius 1 is 1.24 bits per heavy atom. The maximum Gasteiger partial charge on any atom is 0.255 e. The number of benzene rings is 1. The molecule has 0 radical (unpaired) electrons. The van der Waals surface area contributed by atoms with Crippen LogP contribution < -0.4 is 11.1 Å². The van der Waals surface area contributed by atoms with Crippen LogP contribution in [0.15, 0.2) is 48.8 Å². The van der Waals surface area contributed by atoms with Crippen molar-refractivity contribution in [3.63, 3.8) is 0 Å². The predicted molar refractivity (Wildman–Crippen MR) is 83.4 cm³/mol. The summed E-state index contributed by atoms with van der Waals surface area (Å²) < 4.78 is 0. The van der Waals surface area contributed by atoms with Gasteiger partial charge in [-0.1, -0.05) is 23.7 Å². The van der Waals surface area contributed by atoms with Crippen molar-refractivity contribution < 1.29 is 4.79 Å². The highest BCUT2D eigenvalue weighted by atomic mass is 35.5. The third kappa shape index (κ3) is 2.78. The number of rotatable bonds is 2. The van der Waals surface area contributed by atoms with E-state index >= 15 is 0 Å². The van der Waals surface area contributed by atoms with E-state index in [1.165, 1.54) is 12.1 Å². The van der Waals surface area contributed by atoms with Crippen LogP contribution >= 0.6 is 11.6 Å². The van der Waals surface area contributed by atoms with Crippen LogP contribution in [0.2, 0.25) is 5.15 Å². The second-order valence-corrected chi connectivity index (χ2v) is 4.85. The van der Waals surface area contributed by atoms with Crippen LogP contribution in [-0.4, -0.2) is 15.9 Å². The summed E-state index contributed by atoms with van der Waals surface area (Å²) in [4.78, 5) is 20.2. The Balaban J connectivity index is 1.96. The second-order valence-electron chi connectivity index (χ2n) is 4.46. The van der Waals surface area contributed by atoms with Gasteiger partial charge in [0.25, 0.3) is 5.91 Å². The summed E-state index contributed by atoms with van der Waals surface area (Å²) in [5, 5.41) is 4.87. The highest BCUT2D eigenvalue weighted by Gasteiger charge is 2.10. The lowest BCUT2D eigenvalue weighted by Crippen LogP contribution is -2.13. The standard InChI is InChI=1S/C15H11ClN4O/c16-13-6-10(7-14(17)20-13)15(21)19-12-3-1-2-9-4-5-18-8-11(9)12/h1-8H,(H2,17,20)(H,19,21). The van der Waals surface area contributed by atoms with Crippen molar-refractivity contribution in [1.29, 1.82) is 0 Å². The lowest BCUT2D eigenvalue weighted by molar-refractivity contribution is 0.102. The third-order valence-electron chi connectivity index (χ3n) is 3.01. The number of pyridine rings is 2. The predicted octanol–water partition coefficient (Wildman–Crippen LogP) is 3.12. The number of nitrogen functional groups attached to an aromatic ring is 1. The number of hydrogen-bond acceptors (Lipinski definition) is 4. The number of nitrogens with zero attached hydrogens (tertiary/aromatic N) is 2. The van der Waals surface area contributed by atoms with Gasteiger partial charge in [-0.25, -0.2) is 4.98 Å². The number of nitrogens with one attached hydrogen (secondary N) is 1. The van der Waals surface area contributed by atoms with Crippen molar-refractivity contribution in [2.24, 2.45) is 0 Å². The molecular weight excluding hydrogens is 288 g/mol. The Kier molecular flexibility index (Phi) is 3.41. The summed E-state index contributed by atoms with van der Waals surface area (Å²) in [5.74, 6) is -0.102. The summed E-state index contributed by atoms with van der Waals surface area (Å²) in [6, 6.07) is 10.5. The van der Waals surface area contributed by atoms with Crippen molar-refractivity contribution in [3.05, 3.63) is 59.5 Å². The molecule has 3 N–H and O–H groups in total. The molecular formula is C15H11ClN4O. The van der Waals surface area contributed by atoms with Gasteiger partial charge in [-0.15, -0.1) is 0 Å². The van der Waals surface area contributed by atoms with E-state index in [9.17, 15) is 4.79 Å². The minimum Gasteiger partial charge on any atom is -0.384 e. The largest absolute Gasteiger partial charge is 0.384 e. The monoisotopic (exact) mass is 298 g/mol. The number of carbonyl (C=O) groups is 1. The number of fused-ring (bicyclic) bond motifs is 1. The minimum absolute atomic E-state index is 0.180. The summed E-state index contributed by atoms with van der Waals surface area (Å²) in [7, 11) is 0. The number of nitrogens with two attached hydrogens (primary N) is 1. The molecule has 3 rings (SSSR count). The molecule has 0 aliphatic rings. The van der Waals surface area contributed by atoms with Gasteiger partial charge < -0.3 is 11.1 Å². The van der Waals surface area contributed by atoms with E-state index in [0.29, 0.717) is 11.3 Å². The topological polar surface area (TPSA) is 80.9 Å². The van der Waals surface area contributed by atoms with Gasteiger partial charge in [0.05, 0.1) is 5.69 Å². The SMILES string of the molecule is Nc1cc(C(=O)Nc2cccc3ccncc23)cc(Cl)n1. The van der Waals surface area contributed by atoms with Crippen molar-refractivity contribution in [1.82, 2.24) is 9.97 Å². The van der Waals surface area contributed by atoms with E-state index in [2.05, 4.69) is 15.3 Å². The van der Waals surface area contributed by atoms with Gasteiger partial charge in [-0.3, -0.25) is 9.78 Å². The molecule has 0 fully saturated rings. The molecule has 0 saturated heterocycles. The molecule has 0 spiro atoms. The van der Waals surface area contributed by atoms with Gasteiger partial charge in [0.15, 0.2) is 0 Å². The van der Waals surface area contributed by atoms with E-state index in [1.54, 1.807) is 12.4 Å². The number of carbonyl (C=O) groups excluding carboxylic acids is 1. The fourth-order valence-electron chi connectivity index (χ4n) is 2.07. The van der Waals surface area contributed by atoms with Crippen molar-refractivity contribution >= 4 is 39.8 Å². The molecule has 0 bridgehead atoms. The smallest absolute Gasteiger partial charge is 0.255 e. The first-order valence-corrected chi connectivity index (χ1v) is 6.58. The fraction of sp³-hybridized carbons (Fsp3) is 0. The maximum atomic E-state index is 12.3. The lowest BCUT2D eigenvalue weighted by Gasteiger charge is -2.09. The average Bonchev–Trinajstić information content (AvgIpc) is 2.46. The molecule has 104 valence electrons. The normalized spacial score (nSPS) is 10.5. The molecule has 0 atom stereocenters. The highest BCUT2D eigenvalue weighted by molar-refractivity contribution is 6.30. The molecule has 3 aromatic rings. The molecule has 6 heteroatoms. The first-order valence-electron chi connectivity index (χ1n) is 6.20. The summed E-state index contributed by atoms with van der Waals surface area (Å²) in [6.45, 7) is 0. The summed E-state index contributed by atoms with van der Waals surface area (Å²) in [5.41, 5.74) is 6.63. The van der Waals surface area contributed by atoms with Crippen molar-refractivity contribution in [2.75, 3.05) is 11.1 Å². The molecule has 1 aromatic carbocycles. The molecule has 1 amide bonds. The Labute approximate surface area is 125 Å². The zero-order chi connectivity index (χ0) is 14.8. The summed E-state index contributed by atoms with van der Waals surface area (Å²) in [6.07, 6.45) is 3.41. The second kappa shape index (κ2) is 5.38. The van der Waals surface area contributed by atoms with Crippen LogP contribution in [-0.2, 0) is 0 Å². The van der Waals surface area contributed by atoms with Crippen LogP contribution in [0.5, 0.6) is 0 Å². The molecule has 0 aliphatic heterocycles. The molecule has 2 aromatic heterocycles. The number of hydrogen-bond donors (Lipinski definition) is 2. The quantitative estimate of drug-likeness (QED) is 0.712. The van der Waals surface area contributed by atoms with Crippen LogP contribution in [0.1, 0.15) is 10.4 Å².